The second kappa shape index (κ2) is 5.83. The smallest absolute Gasteiger partial charge is 0.221 e. The first-order valence-corrected chi connectivity index (χ1v) is 7.04. The summed E-state index contributed by atoms with van der Waals surface area (Å²) in [5.41, 5.74) is 8.74. The average molecular weight is 277 g/mol. The first-order chi connectivity index (χ1) is 10.2. The standard InChI is InChI=1S/C18H17N2O/c19-18(21)12-15-13-20(17-9-5-4-8-16(15)17)11-10-14-6-2-1-3-7-14/h1-3,5-9,13H,10-12H2,(H2,19,21). The largest absolute Gasteiger partial charge is 0.369 e. The zero-order valence-corrected chi connectivity index (χ0v) is 11.8. The third-order valence-electron chi connectivity index (χ3n) is 3.66. The Morgan fingerprint density at radius 1 is 1.19 bits per heavy atom. The van der Waals surface area contributed by atoms with Crippen LogP contribution in [-0.4, -0.2) is 10.5 Å². The summed E-state index contributed by atoms with van der Waals surface area (Å²) >= 11 is 0. The van der Waals surface area contributed by atoms with E-state index in [4.69, 9.17) is 5.73 Å². The summed E-state index contributed by atoms with van der Waals surface area (Å²) in [6, 6.07) is 19.3. The van der Waals surface area contributed by atoms with Crippen LogP contribution < -0.4 is 5.73 Å². The van der Waals surface area contributed by atoms with Crippen molar-refractivity contribution >= 4 is 16.8 Å². The molecule has 3 nitrogen and oxygen atoms in total. The summed E-state index contributed by atoms with van der Waals surface area (Å²) in [6.45, 7) is 0.878. The number of nitrogens with zero attached hydrogens (tertiary/aromatic N) is 1. The van der Waals surface area contributed by atoms with Gasteiger partial charge in [0.2, 0.25) is 5.91 Å². The highest BCUT2D eigenvalue weighted by Gasteiger charge is 2.10. The van der Waals surface area contributed by atoms with Gasteiger partial charge in [0, 0.05) is 23.6 Å². The van der Waals surface area contributed by atoms with Crippen LogP contribution in [0.3, 0.4) is 0 Å². The van der Waals surface area contributed by atoms with E-state index >= 15 is 0 Å². The van der Waals surface area contributed by atoms with Gasteiger partial charge in [-0.25, -0.2) is 0 Å². The van der Waals surface area contributed by atoms with Crippen molar-refractivity contribution in [3.05, 3.63) is 71.9 Å². The molecule has 3 aromatic rings. The highest BCUT2D eigenvalue weighted by molar-refractivity contribution is 5.88. The fraction of sp³-hybridized carbons (Fsp3) is 0.167. The van der Waals surface area contributed by atoms with Crippen LogP contribution in [0.4, 0.5) is 0 Å². The van der Waals surface area contributed by atoms with Crippen molar-refractivity contribution in [3.8, 4) is 0 Å². The molecule has 0 saturated carbocycles. The lowest BCUT2D eigenvalue weighted by Crippen LogP contribution is -2.13. The second-order valence-corrected chi connectivity index (χ2v) is 5.17. The fourth-order valence-corrected chi connectivity index (χ4v) is 2.66. The van der Waals surface area contributed by atoms with E-state index in [-0.39, 0.29) is 12.3 Å². The van der Waals surface area contributed by atoms with Gasteiger partial charge in [0.25, 0.3) is 0 Å². The molecule has 1 aromatic heterocycles. The van der Waals surface area contributed by atoms with E-state index in [1.807, 2.05) is 30.5 Å². The third kappa shape index (κ3) is 2.97. The number of hydrogen-bond donors (Lipinski definition) is 1. The van der Waals surface area contributed by atoms with Crippen LogP contribution in [0, 0.1) is 6.07 Å². The maximum atomic E-state index is 11.2. The number of fused-ring (bicyclic) bond motifs is 1. The molecule has 0 atom stereocenters. The van der Waals surface area contributed by atoms with Gasteiger partial charge in [-0.3, -0.25) is 4.79 Å². The Bertz CT molecular complexity index is 759. The molecule has 0 fully saturated rings. The number of carbonyl (C=O) groups excluding carboxylic acids is 1. The zero-order chi connectivity index (χ0) is 14.7. The number of nitrogens with two attached hydrogens (primary N) is 1. The number of rotatable bonds is 5. The van der Waals surface area contributed by atoms with Crippen molar-refractivity contribution in [1.82, 2.24) is 4.57 Å². The predicted octanol–water partition coefficient (Wildman–Crippen LogP) is 2.71. The molecule has 21 heavy (non-hydrogen) atoms. The molecule has 2 aromatic carbocycles. The molecular formula is C18H17N2O. The molecule has 3 rings (SSSR count). The first-order valence-electron chi connectivity index (χ1n) is 7.04. The van der Waals surface area contributed by atoms with Gasteiger partial charge in [-0.2, -0.15) is 0 Å². The van der Waals surface area contributed by atoms with Gasteiger partial charge in [0.1, 0.15) is 0 Å². The molecule has 1 amide bonds. The second-order valence-electron chi connectivity index (χ2n) is 5.17. The van der Waals surface area contributed by atoms with E-state index in [0.29, 0.717) is 0 Å². The van der Waals surface area contributed by atoms with Crippen LogP contribution >= 0.6 is 0 Å². The van der Waals surface area contributed by atoms with Crippen LogP contribution in [0.15, 0.2) is 54.7 Å². The summed E-state index contributed by atoms with van der Waals surface area (Å²) in [5.74, 6) is -0.305. The zero-order valence-electron chi connectivity index (χ0n) is 11.8. The van der Waals surface area contributed by atoms with E-state index in [1.54, 1.807) is 0 Å². The molecule has 2 N–H and O–H groups in total. The van der Waals surface area contributed by atoms with Crippen molar-refractivity contribution in [2.75, 3.05) is 0 Å². The first kappa shape index (κ1) is 13.4. The van der Waals surface area contributed by atoms with Crippen LogP contribution in [0.5, 0.6) is 0 Å². The third-order valence-corrected chi connectivity index (χ3v) is 3.66. The van der Waals surface area contributed by atoms with E-state index in [2.05, 4.69) is 34.9 Å². The number of aryl methyl sites for hydroxylation is 2. The summed E-state index contributed by atoms with van der Waals surface area (Å²) < 4.78 is 2.19. The molecule has 0 spiro atoms. The van der Waals surface area contributed by atoms with Crippen molar-refractivity contribution in [1.29, 1.82) is 0 Å². The SMILES string of the molecule is NC(=O)Cc1cn(CCc2ccccc2)c2cc[c]cc12. The van der Waals surface area contributed by atoms with Crippen LogP contribution in [-0.2, 0) is 24.2 Å². The molecule has 0 aliphatic heterocycles. The molecule has 1 heterocycles. The lowest BCUT2D eigenvalue weighted by Gasteiger charge is -2.05. The highest BCUT2D eigenvalue weighted by atomic mass is 16.1. The molecule has 0 bridgehead atoms. The molecule has 3 heteroatoms. The fourth-order valence-electron chi connectivity index (χ4n) is 2.66. The monoisotopic (exact) mass is 277 g/mol. The lowest BCUT2D eigenvalue weighted by molar-refractivity contribution is -0.117. The summed E-state index contributed by atoms with van der Waals surface area (Å²) in [5, 5.41) is 1.06. The Kier molecular flexibility index (Phi) is 3.73. The number of primary amides is 1. The van der Waals surface area contributed by atoms with Crippen LogP contribution in [0.25, 0.3) is 10.9 Å². The predicted molar refractivity (Wildman–Crippen MR) is 83.8 cm³/mol. The number of benzene rings is 2. The molecule has 1 radical (unpaired) electrons. The van der Waals surface area contributed by atoms with Gasteiger partial charge >= 0.3 is 0 Å². The molecule has 0 aliphatic carbocycles. The minimum atomic E-state index is -0.305. The van der Waals surface area contributed by atoms with E-state index < -0.39 is 0 Å². The number of hydrogen-bond acceptors (Lipinski definition) is 1. The molecule has 0 unspecified atom stereocenters. The van der Waals surface area contributed by atoms with E-state index in [0.717, 1.165) is 29.4 Å². The van der Waals surface area contributed by atoms with Crippen molar-refractivity contribution in [2.45, 2.75) is 19.4 Å². The summed E-state index contributed by atoms with van der Waals surface area (Å²) in [4.78, 5) is 11.2. The molecular weight excluding hydrogens is 260 g/mol. The number of carbonyl (C=O) groups is 1. The maximum Gasteiger partial charge on any atom is 0.221 e. The maximum absolute atomic E-state index is 11.2. The molecule has 0 saturated heterocycles. The minimum Gasteiger partial charge on any atom is -0.369 e. The van der Waals surface area contributed by atoms with Gasteiger partial charge in [-0.15, -0.1) is 0 Å². The Balaban J connectivity index is 1.89. The van der Waals surface area contributed by atoms with E-state index in [9.17, 15) is 4.79 Å². The summed E-state index contributed by atoms with van der Waals surface area (Å²) in [6.07, 6.45) is 3.26. The van der Waals surface area contributed by atoms with Gasteiger partial charge in [0.05, 0.1) is 6.42 Å². The van der Waals surface area contributed by atoms with Gasteiger partial charge in [0.15, 0.2) is 0 Å². The number of aromatic nitrogens is 1. The number of amides is 1. The van der Waals surface area contributed by atoms with Crippen molar-refractivity contribution in [2.24, 2.45) is 5.73 Å². The van der Waals surface area contributed by atoms with Gasteiger partial charge in [-0.05, 0) is 35.7 Å². The van der Waals surface area contributed by atoms with Crippen molar-refractivity contribution < 1.29 is 4.79 Å². The Hall–Kier alpha value is -2.55. The van der Waals surface area contributed by atoms with E-state index in [1.165, 1.54) is 5.56 Å². The Morgan fingerprint density at radius 2 is 2.00 bits per heavy atom. The lowest BCUT2D eigenvalue weighted by atomic mass is 10.1. The molecule has 0 aliphatic rings. The Labute approximate surface area is 124 Å². The van der Waals surface area contributed by atoms with Crippen LogP contribution in [0.1, 0.15) is 11.1 Å². The molecule has 105 valence electrons. The normalized spacial score (nSPS) is 10.9. The van der Waals surface area contributed by atoms with Gasteiger partial charge < -0.3 is 10.3 Å². The summed E-state index contributed by atoms with van der Waals surface area (Å²) in [7, 11) is 0. The van der Waals surface area contributed by atoms with Gasteiger partial charge in [-0.1, -0.05) is 36.4 Å². The Morgan fingerprint density at radius 3 is 2.76 bits per heavy atom. The van der Waals surface area contributed by atoms with Crippen molar-refractivity contribution in [3.63, 3.8) is 0 Å². The average Bonchev–Trinajstić information content (AvgIpc) is 2.84. The topological polar surface area (TPSA) is 48.0 Å². The quantitative estimate of drug-likeness (QED) is 0.766. The highest BCUT2D eigenvalue weighted by Crippen LogP contribution is 2.22. The van der Waals surface area contributed by atoms with Crippen LogP contribution in [0.2, 0.25) is 0 Å². The minimum absolute atomic E-state index is 0.271.